The highest BCUT2D eigenvalue weighted by Crippen LogP contribution is 2.32. The molecular formula is C10H11N2OS2+. The minimum absolute atomic E-state index is 0.657. The number of aromatic nitrogens is 1. The zero-order valence-corrected chi connectivity index (χ0v) is 9.81. The molecule has 3 nitrogen and oxygen atoms in total. The topological polar surface area (TPSA) is 59.1 Å². The van der Waals surface area contributed by atoms with Crippen molar-refractivity contribution in [2.75, 3.05) is 12.0 Å². The number of nitrogens with two attached hydrogens (primary N) is 1. The van der Waals surface area contributed by atoms with Crippen LogP contribution in [0.2, 0.25) is 0 Å². The van der Waals surface area contributed by atoms with Crippen LogP contribution >= 0.6 is 11.3 Å². The first kappa shape index (κ1) is 10.5. The normalized spacial score (nSPS) is 12.7. The van der Waals surface area contributed by atoms with E-state index in [-0.39, 0.29) is 0 Å². The summed E-state index contributed by atoms with van der Waals surface area (Å²) in [7, 11) is 0. The molecule has 0 bridgehead atoms. The molecule has 0 saturated heterocycles. The number of nitrogens with zero attached hydrogens (tertiary/aromatic N) is 1. The maximum Gasteiger partial charge on any atom is 0.340 e. The van der Waals surface area contributed by atoms with Crippen molar-refractivity contribution < 1.29 is 4.55 Å². The van der Waals surface area contributed by atoms with Crippen molar-refractivity contribution in [3.8, 4) is 11.3 Å². The molecule has 1 unspecified atom stereocenters. The summed E-state index contributed by atoms with van der Waals surface area (Å²) in [5.41, 5.74) is 7.62. The Morgan fingerprint density at radius 3 is 2.53 bits per heavy atom. The summed E-state index contributed by atoms with van der Waals surface area (Å²) in [5, 5.41) is 0.657. The van der Waals surface area contributed by atoms with E-state index in [1.54, 1.807) is 6.26 Å². The third-order valence-electron chi connectivity index (χ3n) is 1.93. The Balaban J connectivity index is 2.45. The van der Waals surface area contributed by atoms with Gasteiger partial charge >= 0.3 is 4.34 Å². The number of nitrogen functional groups attached to an aromatic ring is 1. The molecular weight excluding hydrogens is 228 g/mol. The Morgan fingerprint density at radius 2 is 2.00 bits per heavy atom. The van der Waals surface area contributed by atoms with Crippen molar-refractivity contribution in [3.63, 3.8) is 0 Å². The number of benzene rings is 1. The van der Waals surface area contributed by atoms with Crippen LogP contribution in [-0.4, -0.2) is 15.8 Å². The van der Waals surface area contributed by atoms with Gasteiger partial charge < -0.3 is 5.73 Å². The van der Waals surface area contributed by atoms with Crippen LogP contribution < -0.4 is 5.73 Å². The van der Waals surface area contributed by atoms with Gasteiger partial charge in [-0.3, -0.25) is 0 Å². The molecule has 15 heavy (non-hydrogen) atoms. The molecule has 2 rings (SSSR count). The van der Waals surface area contributed by atoms with E-state index in [0.717, 1.165) is 11.3 Å². The van der Waals surface area contributed by atoms with Gasteiger partial charge in [0.25, 0.3) is 0 Å². The summed E-state index contributed by atoms with van der Waals surface area (Å²) in [6.07, 6.45) is 1.72. The van der Waals surface area contributed by atoms with Gasteiger partial charge in [-0.2, -0.15) is 9.54 Å². The largest absolute Gasteiger partial charge is 0.389 e. The number of rotatable bonds is 2. The van der Waals surface area contributed by atoms with E-state index in [0.29, 0.717) is 9.34 Å². The van der Waals surface area contributed by atoms with E-state index in [1.165, 1.54) is 11.3 Å². The van der Waals surface area contributed by atoms with Gasteiger partial charge in [0, 0.05) is 5.56 Å². The third-order valence-corrected chi connectivity index (χ3v) is 4.18. The Bertz CT molecular complexity index is 454. The highest BCUT2D eigenvalue weighted by Gasteiger charge is 2.21. The molecule has 2 aromatic rings. The molecule has 0 radical (unpaired) electrons. The molecule has 1 aromatic carbocycles. The van der Waals surface area contributed by atoms with Gasteiger partial charge in [-0.1, -0.05) is 30.3 Å². The zero-order valence-electron chi connectivity index (χ0n) is 8.18. The second kappa shape index (κ2) is 4.22. The molecule has 0 amide bonds. The van der Waals surface area contributed by atoms with Crippen molar-refractivity contribution >= 4 is 27.5 Å². The van der Waals surface area contributed by atoms with Crippen LogP contribution in [0.25, 0.3) is 11.3 Å². The summed E-state index contributed by atoms with van der Waals surface area (Å²) in [6, 6.07) is 9.75. The number of hydrogen-bond donors (Lipinski definition) is 2. The average molecular weight is 239 g/mol. The first-order valence-corrected chi connectivity index (χ1v) is 6.76. The summed E-state index contributed by atoms with van der Waals surface area (Å²) in [5.74, 6) is 0. The van der Waals surface area contributed by atoms with E-state index in [4.69, 9.17) is 5.73 Å². The lowest BCUT2D eigenvalue weighted by Crippen LogP contribution is -1.94. The van der Waals surface area contributed by atoms with Gasteiger partial charge in [0.2, 0.25) is 11.2 Å². The Labute approximate surface area is 95.1 Å². The van der Waals surface area contributed by atoms with E-state index < -0.39 is 11.2 Å². The molecule has 0 aliphatic heterocycles. The minimum atomic E-state index is -0.815. The molecule has 5 heteroatoms. The first-order chi connectivity index (χ1) is 7.18. The summed E-state index contributed by atoms with van der Waals surface area (Å²) in [4.78, 5) is 4.34. The average Bonchev–Trinajstić information content (AvgIpc) is 2.62. The van der Waals surface area contributed by atoms with Crippen molar-refractivity contribution in [1.82, 2.24) is 4.98 Å². The maximum absolute atomic E-state index is 9.43. The quantitative estimate of drug-likeness (QED) is 0.791. The highest BCUT2D eigenvalue weighted by molar-refractivity contribution is 7.92. The van der Waals surface area contributed by atoms with Crippen LogP contribution in [0.4, 0.5) is 5.00 Å². The molecule has 0 fully saturated rings. The second-order valence-corrected chi connectivity index (χ2v) is 5.67. The van der Waals surface area contributed by atoms with E-state index >= 15 is 0 Å². The highest BCUT2D eigenvalue weighted by atomic mass is 32.2. The summed E-state index contributed by atoms with van der Waals surface area (Å²) < 4.78 is 10.1. The van der Waals surface area contributed by atoms with Gasteiger partial charge in [0.15, 0.2) is 0 Å². The first-order valence-electron chi connectivity index (χ1n) is 4.35. The summed E-state index contributed by atoms with van der Waals surface area (Å²) in [6.45, 7) is 0. The second-order valence-electron chi connectivity index (χ2n) is 3.04. The molecule has 1 aromatic heterocycles. The number of thiazole rings is 1. The molecule has 1 heterocycles. The van der Waals surface area contributed by atoms with Gasteiger partial charge in [-0.15, -0.1) is 0 Å². The van der Waals surface area contributed by atoms with Crippen LogP contribution in [0.15, 0.2) is 34.7 Å². The SMILES string of the molecule is C[S+](O)c1nc(-c2ccccc2)c(N)s1. The fourth-order valence-corrected chi connectivity index (χ4v) is 2.80. The van der Waals surface area contributed by atoms with Crippen LogP contribution in [-0.2, 0) is 11.2 Å². The Kier molecular flexibility index (Phi) is 2.95. The van der Waals surface area contributed by atoms with Crippen LogP contribution in [0.5, 0.6) is 0 Å². The molecule has 3 N–H and O–H groups in total. The fraction of sp³-hybridized carbons (Fsp3) is 0.100. The molecule has 1 atom stereocenters. The van der Waals surface area contributed by atoms with Crippen molar-refractivity contribution in [2.24, 2.45) is 0 Å². The monoisotopic (exact) mass is 239 g/mol. The third kappa shape index (κ3) is 2.14. The number of hydrogen-bond acceptors (Lipinski definition) is 4. The van der Waals surface area contributed by atoms with Gasteiger partial charge in [-0.05, 0) is 11.3 Å². The summed E-state index contributed by atoms with van der Waals surface area (Å²) >= 11 is 0.532. The molecule has 78 valence electrons. The molecule has 0 spiro atoms. The predicted octanol–water partition coefficient (Wildman–Crippen LogP) is 2.47. The van der Waals surface area contributed by atoms with Gasteiger partial charge in [0.05, 0.1) is 0 Å². The molecule has 0 aliphatic carbocycles. The van der Waals surface area contributed by atoms with E-state index in [2.05, 4.69) is 4.98 Å². The van der Waals surface area contributed by atoms with E-state index in [1.807, 2.05) is 30.3 Å². The van der Waals surface area contributed by atoms with Crippen molar-refractivity contribution in [3.05, 3.63) is 30.3 Å². The smallest absolute Gasteiger partial charge is 0.340 e. The zero-order chi connectivity index (χ0) is 10.8. The van der Waals surface area contributed by atoms with E-state index in [9.17, 15) is 4.55 Å². The van der Waals surface area contributed by atoms with Gasteiger partial charge in [0.1, 0.15) is 17.0 Å². The van der Waals surface area contributed by atoms with Crippen molar-refractivity contribution in [1.29, 1.82) is 0 Å². The van der Waals surface area contributed by atoms with Crippen LogP contribution in [0.3, 0.4) is 0 Å². The maximum atomic E-state index is 9.43. The van der Waals surface area contributed by atoms with Crippen LogP contribution in [0.1, 0.15) is 0 Å². The lowest BCUT2D eigenvalue weighted by Gasteiger charge is -1.95. The Hall–Kier alpha value is -1.04. The fourth-order valence-electron chi connectivity index (χ4n) is 1.24. The lowest BCUT2D eigenvalue weighted by atomic mass is 10.2. The lowest BCUT2D eigenvalue weighted by molar-refractivity contribution is 0.644. The number of anilines is 1. The molecule has 0 saturated carbocycles. The minimum Gasteiger partial charge on any atom is -0.389 e. The molecule has 0 aliphatic rings. The van der Waals surface area contributed by atoms with Crippen LogP contribution in [0, 0.1) is 0 Å². The van der Waals surface area contributed by atoms with Crippen molar-refractivity contribution in [2.45, 2.75) is 4.34 Å². The Morgan fingerprint density at radius 1 is 1.33 bits per heavy atom. The predicted molar refractivity (Wildman–Crippen MR) is 66.1 cm³/mol. The van der Waals surface area contributed by atoms with Gasteiger partial charge in [-0.25, -0.2) is 0 Å². The standard InChI is InChI=1S/C10H11N2OS2/c1-15(13)10-12-8(9(11)14-10)7-5-3-2-4-6-7/h2-6,13H,11H2,1H3/q+1.